The number of carbonyl (C=O) groups is 2. The Labute approximate surface area is 211 Å². The SMILES string of the molecule is CCOC(=O)C1=C(CSc2nc3c(c(C)c2C#N)CCC3)N(C)C(=O)NC1c1ccc(Br)cc1. The zero-order valence-electron chi connectivity index (χ0n) is 19.3. The third-order valence-corrected chi connectivity index (χ3v) is 7.72. The number of nitriles is 1. The molecule has 2 aliphatic rings. The van der Waals surface area contributed by atoms with Crippen molar-refractivity contribution in [1.29, 1.82) is 5.26 Å². The Bertz CT molecular complexity index is 1220. The van der Waals surface area contributed by atoms with Crippen LogP contribution in [0.4, 0.5) is 4.79 Å². The van der Waals surface area contributed by atoms with Gasteiger partial charge in [0.2, 0.25) is 0 Å². The monoisotopic (exact) mass is 540 g/mol. The molecule has 0 fully saturated rings. The number of aryl methyl sites for hydroxylation is 1. The van der Waals surface area contributed by atoms with E-state index in [1.807, 2.05) is 31.2 Å². The molecule has 1 atom stereocenters. The van der Waals surface area contributed by atoms with Gasteiger partial charge in [-0.2, -0.15) is 5.26 Å². The summed E-state index contributed by atoms with van der Waals surface area (Å²) in [5.74, 6) is -0.179. The molecule has 1 aliphatic carbocycles. The van der Waals surface area contributed by atoms with E-state index in [4.69, 9.17) is 9.72 Å². The average molecular weight is 541 g/mol. The quantitative estimate of drug-likeness (QED) is 0.416. The van der Waals surface area contributed by atoms with Crippen LogP contribution in [-0.4, -0.2) is 41.3 Å². The Morgan fingerprint density at radius 1 is 1.35 bits per heavy atom. The third kappa shape index (κ3) is 4.57. The number of amides is 2. The molecule has 1 aromatic heterocycles. The van der Waals surface area contributed by atoms with Crippen molar-refractivity contribution in [1.82, 2.24) is 15.2 Å². The lowest BCUT2D eigenvalue weighted by Crippen LogP contribution is -2.47. The molecule has 0 saturated heterocycles. The normalized spacial score (nSPS) is 17.3. The van der Waals surface area contributed by atoms with Gasteiger partial charge in [0.15, 0.2) is 0 Å². The third-order valence-electron chi connectivity index (χ3n) is 6.20. The number of nitrogens with zero attached hydrogens (tertiary/aromatic N) is 3. The molecule has 0 bridgehead atoms. The second-order valence-electron chi connectivity index (χ2n) is 8.17. The van der Waals surface area contributed by atoms with Crippen LogP contribution in [0.5, 0.6) is 0 Å². The average Bonchev–Trinajstić information content (AvgIpc) is 3.29. The number of urea groups is 1. The van der Waals surface area contributed by atoms with E-state index in [9.17, 15) is 14.9 Å². The molecular weight excluding hydrogens is 516 g/mol. The first-order valence-corrected chi connectivity index (χ1v) is 12.9. The maximum atomic E-state index is 13.1. The Hall–Kier alpha value is -2.83. The summed E-state index contributed by atoms with van der Waals surface area (Å²) in [7, 11) is 1.63. The number of hydrogen-bond acceptors (Lipinski definition) is 6. The van der Waals surface area contributed by atoms with Crippen LogP contribution in [0.1, 0.15) is 47.3 Å². The highest BCUT2D eigenvalue weighted by atomic mass is 79.9. The van der Waals surface area contributed by atoms with Gasteiger partial charge in [0.25, 0.3) is 0 Å². The maximum absolute atomic E-state index is 13.1. The van der Waals surface area contributed by atoms with Crippen LogP contribution in [0, 0.1) is 18.3 Å². The molecule has 0 radical (unpaired) electrons. The van der Waals surface area contributed by atoms with Gasteiger partial charge in [0.05, 0.1) is 23.8 Å². The van der Waals surface area contributed by atoms with Gasteiger partial charge in [-0.1, -0.05) is 39.8 Å². The fourth-order valence-electron chi connectivity index (χ4n) is 4.40. The molecule has 4 rings (SSSR count). The van der Waals surface area contributed by atoms with Gasteiger partial charge in [-0.05, 0) is 61.9 Å². The van der Waals surface area contributed by atoms with Crippen LogP contribution in [-0.2, 0) is 22.4 Å². The predicted molar refractivity (Wildman–Crippen MR) is 133 cm³/mol. The standard InChI is InChI=1S/C25H25BrN4O3S/c1-4-33-24(31)21-20(30(3)25(32)29-22(21)15-8-10-16(26)11-9-15)13-34-23-18(12-27)14(2)17-6-5-7-19(17)28-23/h8-11,22H,4-7,13H2,1-3H3,(H,29,32). The fraction of sp³-hybridized carbons (Fsp3) is 0.360. The fourth-order valence-corrected chi connectivity index (χ4v) is 5.81. The lowest BCUT2D eigenvalue weighted by atomic mass is 9.95. The molecule has 9 heteroatoms. The lowest BCUT2D eigenvalue weighted by molar-refractivity contribution is -0.139. The molecule has 176 valence electrons. The molecule has 34 heavy (non-hydrogen) atoms. The van der Waals surface area contributed by atoms with Crippen molar-refractivity contribution in [2.75, 3.05) is 19.4 Å². The Morgan fingerprint density at radius 3 is 2.76 bits per heavy atom. The van der Waals surface area contributed by atoms with Crippen LogP contribution in [0.3, 0.4) is 0 Å². The number of halogens is 1. The number of carbonyl (C=O) groups excluding carboxylic acids is 2. The summed E-state index contributed by atoms with van der Waals surface area (Å²) in [5.41, 5.74) is 5.47. The summed E-state index contributed by atoms with van der Waals surface area (Å²) in [6.45, 7) is 3.95. The highest BCUT2D eigenvalue weighted by Crippen LogP contribution is 2.36. The molecule has 2 aromatic rings. The van der Waals surface area contributed by atoms with Crippen LogP contribution >= 0.6 is 27.7 Å². The second kappa shape index (κ2) is 10.2. The number of thioether (sulfide) groups is 1. The van der Waals surface area contributed by atoms with Crippen LogP contribution in [0.25, 0.3) is 0 Å². The van der Waals surface area contributed by atoms with Crippen molar-refractivity contribution in [3.05, 3.63) is 68.0 Å². The minimum Gasteiger partial charge on any atom is -0.463 e. The summed E-state index contributed by atoms with van der Waals surface area (Å²) < 4.78 is 6.28. The Balaban J connectivity index is 1.76. The number of nitrogens with one attached hydrogen (secondary N) is 1. The van der Waals surface area contributed by atoms with Gasteiger partial charge in [-0.25, -0.2) is 14.6 Å². The summed E-state index contributed by atoms with van der Waals surface area (Å²) in [5, 5.41) is 13.4. The molecule has 1 aliphatic heterocycles. The van der Waals surface area contributed by atoms with E-state index in [2.05, 4.69) is 27.3 Å². The number of fused-ring (bicyclic) bond motifs is 1. The van der Waals surface area contributed by atoms with Crippen LogP contribution < -0.4 is 5.32 Å². The van der Waals surface area contributed by atoms with Gasteiger partial charge in [-0.15, -0.1) is 0 Å². The highest BCUT2D eigenvalue weighted by molar-refractivity contribution is 9.10. The molecular formula is C25H25BrN4O3S. The van der Waals surface area contributed by atoms with Crippen molar-refractivity contribution in [2.24, 2.45) is 0 Å². The smallest absolute Gasteiger partial charge is 0.338 e. The number of benzene rings is 1. The molecule has 1 N–H and O–H groups in total. The first kappa shape index (κ1) is 24.3. The van der Waals surface area contributed by atoms with E-state index in [-0.39, 0.29) is 12.6 Å². The van der Waals surface area contributed by atoms with Crippen molar-refractivity contribution in [3.8, 4) is 6.07 Å². The number of aromatic nitrogens is 1. The van der Waals surface area contributed by atoms with E-state index in [0.717, 1.165) is 40.6 Å². The molecule has 0 saturated carbocycles. The summed E-state index contributed by atoms with van der Waals surface area (Å²) in [6.07, 6.45) is 2.89. The van der Waals surface area contributed by atoms with Crippen molar-refractivity contribution in [3.63, 3.8) is 0 Å². The predicted octanol–water partition coefficient (Wildman–Crippen LogP) is 4.82. The van der Waals surface area contributed by atoms with E-state index in [0.29, 0.717) is 27.6 Å². The molecule has 1 aromatic carbocycles. The minimum atomic E-state index is -0.642. The summed E-state index contributed by atoms with van der Waals surface area (Å²) in [6, 6.07) is 8.82. The van der Waals surface area contributed by atoms with Crippen LogP contribution in [0.15, 0.2) is 45.0 Å². The van der Waals surface area contributed by atoms with Gasteiger partial charge in [0, 0.05) is 28.7 Å². The number of hydrogen-bond donors (Lipinski definition) is 1. The zero-order valence-corrected chi connectivity index (χ0v) is 21.7. The maximum Gasteiger partial charge on any atom is 0.338 e. The summed E-state index contributed by atoms with van der Waals surface area (Å²) >= 11 is 4.80. The Morgan fingerprint density at radius 2 is 2.09 bits per heavy atom. The van der Waals surface area contributed by atoms with Gasteiger partial charge < -0.3 is 10.1 Å². The second-order valence-corrected chi connectivity index (χ2v) is 10.0. The largest absolute Gasteiger partial charge is 0.463 e. The topological polar surface area (TPSA) is 95.3 Å². The molecule has 7 nitrogen and oxygen atoms in total. The molecule has 0 spiro atoms. The minimum absolute atomic E-state index is 0.220. The summed E-state index contributed by atoms with van der Waals surface area (Å²) in [4.78, 5) is 32.2. The van der Waals surface area contributed by atoms with E-state index in [1.165, 1.54) is 22.2 Å². The van der Waals surface area contributed by atoms with Crippen LogP contribution in [0.2, 0.25) is 0 Å². The van der Waals surface area contributed by atoms with Gasteiger partial charge >= 0.3 is 12.0 Å². The molecule has 1 unspecified atom stereocenters. The number of rotatable bonds is 6. The van der Waals surface area contributed by atoms with Crippen molar-refractivity contribution < 1.29 is 14.3 Å². The van der Waals surface area contributed by atoms with Gasteiger partial charge in [-0.3, -0.25) is 4.90 Å². The number of esters is 1. The van der Waals surface area contributed by atoms with E-state index < -0.39 is 12.0 Å². The van der Waals surface area contributed by atoms with E-state index >= 15 is 0 Å². The number of pyridine rings is 1. The number of ether oxygens (including phenoxy) is 1. The molecule has 2 amide bonds. The Kier molecular flexibility index (Phi) is 7.29. The lowest BCUT2D eigenvalue weighted by Gasteiger charge is -2.34. The van der Waals surface area contributed by atoms with Gasteiger partial charge in [0.1, 0.15) is 11.1 Å². The highest BCUT2D eigenvalue weighted by Gasteiger charge is 2.37. The molecule has 2 heterocycles. The van der Waals surface area contributed by atoms with E-state index in [1.54, 1.807) is 14.0 Å². The zero-order chi connectivity index (χ0) is 24.4. The van der Waals surface area contributed by atoms with Crippen molar-refractivity contribution >= 4 is 39.7 Å². The van der Waals surface area contributed by atoms with Crippen molar-refractivity contribution in [2.45, 2.75) is 44.2 Å². The first-order valence-electron chi connectivity index (χ1n) is 11.1. The first-order chi connectivity index (χ1) is 16.3.